The largest absolute Gasteiger partial charge is 0.370 e. The molecule has 0 spiro atoms. The standard InChI is InChI=1S/C24H25N3O3/c28-23(14-13-19-8-7-15-25-18-19)26-16-3-1-2-4-17-27-29-21-11-5-9-20-10-6-12-22(30-27)24(20)21/h5-15,18H,1-4,16-17H2,(H,26,28). The van der Waals surface area contributed by atoms with E-state index in [1.54, 1.807) is 29.8 Å². The lowest BCUT2D eigenvalue weighted by Gasteiger charge is -2.27. The van der Waals surface area contributed by atoms with Crippen LogP contribution in [0.3, 0.4) is 0 Å². The number of carbonyl (C=O) groups excluding carboxylic acids is 1. The van der Waals surface area contributed by atoms with Gasteiger partial charge in [-0.05, 0) is 48.1 Å². The van der Waals surface area contributed by atoms with Crippen molar-refractivity contribution in [2.24, 2.45) is 0 Å². The summed E-state index contributed by atoms with van der Waals surface area (Å²) in [5, 5.41) is 6.60. The van der Waals surface area contributed by atoms with Crippen LogP contribution >= 0.6 is 0 Å². The minimum atomic E-state index is -0.0817. The van der Waals surface area contributed by atoms with E-state index in [0.29, 0.717) is 13.1 Å². The van der Waals surface area contributed by atoms with Gasteiger partial charge in [0.2, 0.25) is 5.91 Å². The maximum atomic E-state index is 11.8. The van der Waals surface area contributed by atoms with E-state index in [1.165, 1.54) is 0 Å². The summed E-state index contributed by atoms with van der Waals surface area (Å²) in [5.41, 5.74) is 0.911. The highest BCUT2D eigenvalue weighted by atomic mass is 17.0. The van der Waals surface area contributed by atoms with E-state index in [2.05, 4.69) is 22.4 Å². The molecule has 0 saturated carbocycles. The zero-order valence-electron chi connectivity index (χ0n) is 16.8. The van der Waals surface area contributed by atoms with Gasteiger partial charge in [0.15, 0.2) is 11.5 Å². The molecule has 0 atom stereocenters. The quantitative estimate of drug-likeness (QED) is 0.420. The highest BCUT2D eigenvalue weighted by Gasteiger charge is 2.20. The van der Waals surface area contributed by atoms with Gasteiger partial charge in [0.1, 0.15) is 0 Å². The number of hydrogen-bond acceptors (Lipinski definition) is 5. The molecule has 0 aliphatic carbocycles. The van der Waals surface area contributed by atoms with Crippen molar-refractivity contribution in [3.05, 3.63) is 72.6 Å². The van der Waals surface area contributed by atoms with Crippen molar-refractivity contribution in [3.63, 3.8) is 0 Å². The van der Waals surface area contributed by atoms with Crippen LogP contribution in [-0.2, 0) is 4.79 Å². The molecule has 2 heterocycles. The molecule has 6 nitrogen and oxygen atoms in total. The van der Waals surface area contributed by atoms with E-state index in [0.717, 1.165) is 53.5 Å². The molecule has 154 valence electrons. The Morgan fingerprint density at radius 1 is 0.967 bits per heavy atom. The van der Waals surface area contributed by atoms with Crippen LogP contribution in [0.1, 0.15) is 31.2 Å². The van der Waals surface area contributed by atoms with E-state index < -0.39 is 0 Å². The lowest BCUT2D eigenvalue weighted by Crippen LogP contribution is -2.34. The average Bonchev–Trinajstić information content (AvgIpc) is 2.78. The first-order chi connectivity index (χ1) is 14.8. The van der Waals surface area contributed by atoms with Crippen LogP contribution in [0.2, 0.25) is 0 Å². The maximum Gasteiger partial charge on any atom is 0.243 e. The third-order valence-corrected chi connectivity index (χ3v) is 4.91. The van der Waals surface area contributed by atoms with E-state index in [4.69, 9.17) is 9.68 Å². The van der Waals surface area contributed by atoms with Crippen molar-refractivity contribution in [1.82, 2.24) is 15.5 Å². The average molecular weight is 403 g/mol. The number of carbonyl (C=O) groups is 1. The Labute approximate surface area is 176 Å². The molecule has 3 aromatic rings. The van der Waals surface area contributed by atoms with Gasteiger partial charge in [0.25, 0.3) is 0 Å². The number of amides is 1. The lowest BCUT2D eigenvalue weighted by atomic mass is 10.1. The number of rotatable bonds is 9. The number of pyridine rings is 1. The zero-order valence-corrected chi connectivity index (χ0v) is 16.8. The van der Waals surface area contributed by atoms with Crippen LogP contribution in [0.25, 0.3) is 16.8 Å². The predicted octanol–water partition coefficient (Wildman–Crippen LogP) is 4.53. The molecule has 0 radical (unpaired) electrons. The summed E-state index contributed by atoms with van der Waals surface area (Å²) >= 11 is 0. The number of nitrogens with zero attached hydrogens (tertiary/aromatic N) is 2. The van der Waals surface area contributed by atoms with Gasteiger partial charge < -0.3 is 15.0 Å². The Morgan fingerprint density at radius 3 is 2.47 bits per heavy atom. The molecule has 1 aliphatic heterocycles. The van der Waals surface area contributed by atoms with Gasteiger partial charge in [-0.2, -0.15) is 0 Å². The second-order valence-electron chi connectivity index (χ2n) is 7.17. The summed E-state index contributed by atoms with van der Waals surface area (Å²) in [7, 11) is 0. The monoisotopic (exact) mass is 403 g/mol. The summed E-state index contributed by atoms with van der Waals surface area (Å²) in [4.78, 5) is 27.6. The Hall–Kier alpha value is -3.38. The molecule has 1 aromatic heterocycles. The van der Waals surface area contributed by atoms with Crippen molar-refractivity contribution in [2.75, 3.05) is 13.1 Å². The van der Waals surface area contributed by atoms with Crippen LogP contribution in [0, 0.1) is 0 Å². The third-order valence-electron chi connectivity index (χ3n) is 4.91. The summed E-state index contributed by atoms with van der Waals surface area (Å²) in [6.45, 7) is 1.35. The molecule has 6 heteroatoms. The molecule has 0 saturated heterocycles. The van der Waals surface area contributed by atoms with Crippen molar-refractivity contribution in [2.45, 2.75) is 25.7 Å². The highest BCUT2D eigenvalue weighted by molar-refractivity contribution is 5.94. The van der Waals surface area contributed by atoms with Crippen LogP contribution in [0.15, 0.2) is 67.0 Å². The van der Waals surface area contributed by atoms with Gasteiger partial charge in [-0.15, -0.1) is 0 Å². The lowest BCUT2D eigenvalue weighted by molar-refractivity contribution is -0.260. The van der Waals surface area contributed by atoms with E-state index >= 15 is 0 Å². The maximum absolute atomic E-state index is 11.8. The number of nitrogens with one attached hydrogen (secondary N) is 1. The van der Waals surface area contributed by atoms with Gasteiger partial charge in [-0.25, -0.2) is 0 Å². The van der Waals surface area contributed by atoms with Crippen LogP contribution in [-0.4, -0.2) is 29.2 Å². The highest BCUT2D eigenvalue weighted by Crippen LogP contribution is 2.37. The number of hydroxylamine groups is 2. The van der Waals surface area contributed by atoms with E-state index in [9.17, 15) is 4.79 Å². The molecule has 1 amide bonds. The molecule has 0 bridgehead atoms. The second kappa shape index (κ2) is 9.89. The smallest absolute Gasteiger partial charge is 0.243 e. The Bertz CT molecular complexity index is 980. The molecule has 1 N–H and O–H groups in total. The predicted molar refractivity (Wildman–Crippen MR) is 117 cm³/mol. The molecule has 2 aromatic carbocycles. The summed E-state index contributed by atoms with van der Waals surface area (Å²) in [6.07, 6.45) is 10.7. The van der Waals surface area contributed by atoms with Gasteiger partial charge >= 0.3 is 0 Å². The zero-order chi connectivity index (χ0) is 20.6. The van der Waals surface area contributed by atoms with E-state index in [1.807, 2.05) is 36.4 Å². The first kappa shape index (κ1) is 19.9. The summed E-state index contributed by atoms with van der Waals surface area (Å²) in [5.74, 6) is 1.58. The number of aromatic nitrogens is 1. The minimum Gasteiger partial charge on any atom is -0.370 e. The van der Waals surface area contributed by atoms with Crippen molar-refractivity contribution >= 4 is 22.8 Å². The number of hydrogen-bond donors (Lipinski definition) is 1. The molecular formula is C24H25N3O3. The Balaban J connectivity index is 1.11. The topological polar surface area (TPSA) is 63.7 Å². The molecule has 30 heavy (non-hydrogen) atoms. The first-order valence-electron chi connectivity index (χ1n) is 10.3. The minimum absolute atomic E-state index is 0.0817. The fraction of sp³-hybridized carbons (Fsp3) is 0.250. The van der Waals surface area contributed by atoms with Crippen molar-refractivity contribution < 1.29 is 14.5 Å². The fourth-order valence-corrected chi connectivity index (χ4v) is 3.39. The van der Waals surface area contributed by atoms with Gasteiger partial charge in [-0.3, -0.25) is 9.78 Å². The van der Waals surface area contributed by atoms with Crippen molar-refractivity contribution in [1.29, 1.82) is 0 Å². The molecule has 0 unspecified atom stereocenters. The number of benzene rings is 2. The Kier molecular flexibility index (Phi) is 6.57. The van der Waals surface area contributed by atoms with Crippen molar-refractivity contribution in [3.8, 4) is 11.5 Å². The third kappa shape index (κ3) is 5.15. The van der Waals surface area contributed by atoms with Crippen LogP contribution in [0.4, 0.5) is 0 Å². The number of unbranched alkanes of at least 4 members (excludes halogenated alkanes) is 3. The van der Waals surface area contributed by atoms with E-state index in [-0.39, 0.29) is 5.91 Å². The normalized spacial score (nSPS) is 13.2. The molecular weight excluding hydrogens is 378 g/mol. The molecule has 0 fully saturated rings. The first-order valence-corrected chi connectivity index (χ1v) is 10.3. The molecule has 4 rings (SSSR count). The van der Waals surface area contributed by atoms with Gasteiger partial charge in [-0.1, -0.05) is 43.2 Å². The summed E-state index contributed by atoms with van der Waals surface area (Å²) in [6, 6.07) is 15.8. The van der Waals surface area contributed by atoms with Gasteiger partial charge in [0.05, 0.1) is 11.9 Å². The van der Waals surface area contributed by atoms with Gasteiger partial charge in [0, 0.05) is 30.2 Å². The van der Waals surface area contributed by atoms with Crippen LogP contribution < -0.4 is 15.0 Å². The summed E-state index contributed by atoms with van der Waals surface area (Å²) < 4.78 is 0. The molecule has 1 aliphatic rings. The Morgan fingerprint density at radius 2 is 1.73 bits per heavy atom. The SMILES string of the molecule is O=C(C=Cc1cccnc1)NCCCCCCN1Oc2cccc3cccc(c23)O1. The van der Waals surface area contributed by atoms with Crippen LogP contribution in [0.5, 0.6) is 11.5 Å². The second-order valence-corrected chi connectivity index (χ2v) is 7.17. The fourth-order valence-electron chi connectivity index (χ4n) is 3.39.